The molecule has 0 fully saturated rings. The van der Waals surface area contributed by atoms with Crippen molar-refractivity contribution in [2.24, 2.45) is 5.73 Å². The summed E-state index contributed by atoms with van der Waals surface area (Å²) >= 11 is 1.47. The van der Waals surface area contributed by atoms with Gasteiger partial charge in [-0.05, 0) is 26.2 Å². The molecule has 21 heavy (non-hydrogen) atoms. The van der Waals surface area contributed by atoms with E-state index in [0.717, 1.165) is 4.90 Å². The Morgan fingerprint density at radius 3 is 2.10 bits per heavy atom. The van der Waals surface area contributed by atoms with Gasteiger partial charge in [0.1, 0.15) is 0 Å². The van der Waals surface area contributed by atoms with Gasteiger partial charge < -0.3 is 15.2 Å². The lowest BCUT2D eigenvalue weighted by Gasteiger charge is -2.12. The van der Waals surface area contributed by atoms with Gasteiger partial charge in [0.15, 0.2) is 5.57 Å². The van der Waals surface area contributed by atoms with Crippen LogP contribution in [0.4, 0.5) is 0 Å². The minimum Gasteiger partial charge on any atom is -0.462 e. The summed E-state index contributed by atoms with van der Waals surface area (Å²) in [6.07, 6.45) is 1.89. The van der Waals surface area contributed by atoms with E-state index in [0.29, 0.717) is 5.56 Å². The van der Waals surface area contributed by atoms with Crippen LogP contribution in [0.15, 0.2) is 34.7 Å². The third-order valence-electron chi connectivity index (χ3n) is 2.63. The van der Waals surface area contributed by atoms with Crippen molar-refractivity contribution in [3.63, 3.8) is 0 Å². The molecule has 2 N–H and O–H groups in total. The van der Waals surface area contributed by atoms with Crippen molar-refractivity contribution < 1.29 is 19.1 Å². The van der Waals surface area contributed by atoms with Crippen LogP contribution in [0.2, 0.25) is 0 Å². The second kappa shape index (κ2) is 8.36. The van der Waals surface area contributed by atoms with E-state index in [1.54, 1.807) is 26.0 Å². The Balaban J connectivity index is 3.38. The summed E-state index contributed by atoms with van der Waals surface area (Å²) in [6, 6.07) is 7.26. The van der Waals surface area contributed by atoms with Gasteiger partial charge in [-0.3, -0.25) is 0 Å². The molecule has 0 bridgehead atoms. The van der Waals surface area contributed by atoms with Crippen molar-refractivity contribution in [2.75, 3.05) is 19.5 Å². The summed E-state index contributed by atoms with van der Waals surface area (Å²) in [5.74, 6) is -1.55. The normalized spacial score (nSPS) is 9.86. The molecule has 0 atom stereocenters. The smallest absolute Gasteiger partial charge is 0.347 e. The van der Waals surface area contributed by atoms with Crippen LogP contribution in [-0.4, -0.2) is 31.4 Å². The number of benzene rings is 1. The van der Waals surface area contributed by atoms with Gasteiger partial charge in [-0.25, -0.2) is 9.59 Å². The molecule has 0 spiro atoms. The van der Waals surface area contributed by atoms with Crippen LogP contribution in [0.1, 0.15) is 19.4 Å². The summed E-state index contributed by atoms with van der Waals surface area (Å²) in [5.41, 5.74) is 6.46. The molecule has 0 aromatic heterocycles. The third kappa shape index (κ3) is 4.26. The maximum Gasteiger partial charge on any atom is 0.347 e. The zero-order valence-electron chi connectivity index (χ0n) is 12.3. The zero-order valence-corrected chi connectivity index (χ0v) is 13.2. The Morgan fingerprint density at radius 1 is 1.10 bits per heavy atom. The molecule has 5 nitrogen and oxygen atoms in total. The Kier molecular flexibility index (Phi) is 6.81. The minimum absolute atomic E-state index is 0.0665. The van der Waals surface area contributed by atoms with E-state index in [1.165, 1.54) is 11.8 Å². The van der Waals surface area contributed by atoms with Gasteiger partial charge in [0.25, 0.3) is 0 Å². The molecule has 1 rings (SSSR count). The molecule has 0 radical (unpaired) electrons. The topological polar surface area (TPSA) is 78.6 Å². The summed E-state index contributed by atoms with van der Waals surface area (Å²) < 4.78 is 9.81. The zero-order chi connectivity index (χ0) is 15.8. The molecule has 1 aromatic rings. The molecule has 0 heterocycles. The predicted octanol–water partition coefficient (Wildman–Crippen LogP) is 2.20. The minimum atomic E-state index is -0.774. The van der Waals surface area contributed by atoms with Crippen LogP contribution in [0, 0.1) is 0 Å². The number of nitrogens with two attached hydrogens (primary N) is 1. The van der Waals surface area contributed by atoms with Crippen molar-refractivity contribution in [2.45, 2.75) is 18.7 Å². The van der Waals surface area contributed by atoms with Crippen molar-refractivity contribution in [1.29, 1.82) is 0 Å². The molecule has 0 aliphatic carbocycles. The average Bonchev–Trinajstić information content (AvgIpc) is 2.47. The maximum atomic E-state index is 12.0. The monoisotopic (exact) mass is 309 g/mol. The fraction of sp³-hybridized carbons (Fsp3) is 0.333. The van der Waals surface area contributed by atoms with Gasteiger partial charge in [0, 0.05) is 10.5 Å². The van der Waals surface area contributed by atoms with Crippen molar-refractivity contribution in [3.05, 3.63) is 35.4 Å². The average molecular weight is 309 g/mol. The lowest BCUT2D eigenvalue weighted by atomic mass is 10.1. The van der Waals surface area contributed by atoms with E-state index >= 15 is 0 Å². The number of hydrogen-bond acceptors (Lipinski definition) is 6. The summed E-state index contributed by atoms with van der Waals surface area (Å²) in [6.45, 7) is 3.62. The number of ether oxygens (including phenoxy) is 2. The Labute approximate surface area is 128 Å². The lowest BCUT2D eigenvalue weighted by Crippen LogP contribution is -2.22. The Hall–Kier alpha value is -1.95. The maximum absolute atomic E-state index is 12.0. The first-order valence-corrected chi connectivity index (χ1v) is 7.76. The molecular weight excluding hydrogens is 290 g/mol. The second-order valence-electron chi connectivity index (χ2n) is 3.93. The molecule has 0 aliphatic rings. The Morgan fingerprint density at radius 2 is 1.62 bits per heavy atom. The lowest BCUT2D eigenvalue weighted by molar-refractivity contribution is -0.146. The first kappa shape index (κ1) is 17.1. The molecule has 0 unspecified atom stereocenters. The fourth-order valence-electron chi connectivity index (χ4n) is 1.71. The van der Waals surface area contributed by atoms with Gasteiger partial charge in [0.2, 0.25) is 0 Å². The first-order chi connectivity index (χ1) is 10.1. The van der Waals surface area contributed by atoms with Crippen LogP contribution in [-0.2, 0) is 19.1 Å². The highest BCUT2D eigenvalue weighted by Gasteiger charge is 2.26. The number of esters is 2. The van der Waals surface area contributed by atoms with Crippen LogP contribution in [0.5, 0.6) is 0 Å². The number of rotatable bonds is 6. The van der Waals surface area contributed by atoms with Crippen LogP contribution >= 0.6 is 11.8 Å². The molecule has 6 heteroatoms. The van der Waals surface area contributed by atoms with Crippen LogP contribution in [0.25, 0.3) is 5.70 Å². The third-order valence-corrected chi connectivity index (χ3v) is 3.42. The van der Waals surface area contributed by atoms with Crippen molar-refractivity contribution >= 4 is 29.4 Å². The number of carbonyl (C=O) groups is 2. The van der Waals surface area contributed by atoms with Gasteiger partial charge in [-0.1, -0.05) is 18.2 Å². The van der Waals surface area contributed by atoms with E-state index in [1.807, 2.05) is 18.4 Å². The molecule has 1 aromatic carbocycles. The molecule has 0 saturated carbocycles. The fourth-order valence-corrected chi connectivity index (χ4v) is 2.32. The molecular formula is C15H19NO4S. The first-order valence-electron chi connectivity index (χ1n) is 6.54. The van der Waals surface area contributed by atoms with E-state index < -0.39 is 11.9 Å². The highest BCUT2D eigenvalue weighted by molar-refractivity contribution is 7.98. The SMILES string of the molecule is CCOC(=O)C(C(=O)OCC)=C(N)c1ccccc1SC. The number of hydrogen-bond donors (Lipinski definition) is 1. The quantitative estimate of drug-likeness (QED) is 0.285. The number of carbonyl (C=O) groups excluding carboxylic acids is 2. The van der Waals surface area contributed by atoms with E-state index in [-0.39, 0.29) is 24.5 Å². The summed E-state index contributed by atoms with van der Waals surface area (Å²) in [7, 11) is 0. The Bertz CT molecular complexity index is 534. The van der Waals surface area contributed by atoms with Crippen LogP contribution < -0.4 is 5.73 Å². The number of thioether (sulfide) groups is 1. The largest absolute Gasteiger partial charge is 0.462 e. The molecule has 0 saturated heterocycles. The highest BCUT2D eigenvalue weighted by atomic mass is 32.2. The molecule has 0 aliphatic heterocycles. The van der Waals surface area contributed by atoms with Crippen LogP contribution in [0.3, 0.4) is 0 Å². The van der Waals surface area contributed by atoms with E-state index in [9.17, 15) is 9.59 Å². The highest BCUT2D eigenvalue weighted by Crippen LogP contribution is 2.26. The van der Waals surface area contributed by atoms with Crippen molar-refractivity contribution in [1.82, 2.24) is 0 Å². The summed E-state index contributed by atoms with van der Waals surface area (Å²) in [4.78, 5) is 24.9. The summed E-state index contributed by atoms with van der Waals surface area (Å²) in [5, 5.41) is 0. The van der Waals surface area contributed by atoms with Gasteiger partial charge in [-0.15, -0.1) is 11.8 Å². The van der Waals surface area contributed by atoms with E-state index in [4.69, 9.17) is 15.2 Å². The van der Waals surface area contributed by atoms with E-state index in [2.05, 4.69) is 0 Å². The second-order valence-corrected chi connectivity index (χ2v) is 4.78. The molecule has 0 amide bonds. The van der Waals surface area contributed by atoms with Gasteiger partial charge >= 0.3 is 11.9 Å². The standard InChI is InChI=1S/C15H19NO4S/c1-4-19-14(17)12(15(18)20-5-2)13(16)10-8-6-7-9-11(10)21-3/h6-9H,4-5,16H2,1-3H3. The van der Waals surface area contributed by atoms with Gasteiger partial charge in [-0.2, -0.15) is 0 Å². The van der Waals surface area contributed by atoms with Gasteiger partial charge in [0.05, 0.1) is 18.9 Å². The van der Waals surface area contributed by atoms with Crippen molar-refractivity contribution in [3.8, 4) is 0 Å². The molecule has 114 valence electrons. The predicted molar refractivity (Wildman–Crippen MR) is 82.6 cm³/mol.